The molecule has 3 heterocycles. The highest BCUT2D eigenvalue weighted by atomic mass is 16.2. The first-order valence-electron chi connectivity index (χ1n) is 10.1. The number of amides is 2. The van der Waals surface area contributed by atoms with Crippen molar-refractivity contribution in [2.45, 2.75) is 38.1 Å². The zero-order valence-electron chi connectivity index (χ0n) is 16.1. The van der Waals surface area contributed by atoms with Crippen molar-refractivity contribution in [2.75, 3.05) is 50.0 Å². The minimum Gasteiger partial charge on any atom is -0.354 e. The molecule has 2 aliphatic heterocycles. The molecule has 3 fully saturated rings. The maximum atomic E-state index is 12.6. The van der Waals surface area contributed by atoms with Gasteiger partial charge in [0.05, 0.1) is 17.8 Å². The molecule has 27 heavy (non-hydrogen) atoms. The summed E-state index contributed by atoms with van der Waals surface area (Å²) < 4.78 is 0. The van der Waals surface area contributed by atoms with Crippen LogP contribution in [-0.4, -0.2) is 72.4 Å². The summed E-state index contributed by atoms with van der Waals surface area (Å²) in [6.07, 6.45) is 6.59. The van der Waals surface area contributed by atoms with E-state index in [4.69, 9.17) is 0 Å². The van der Waals surface area contributed by atoms with Gasteiger partial charge in [0.15, 0.2) is 0 Å². The van der Waals surface area contributed by atoms with Crippen LogP contribution in [0.2, 0.25) is 0 Å². The standard InChI is InChI=1S/C20H29N5O2/c1-23-8-10-24(11-9-23)18-7-6-16(13-21-18)22-20(27)15-12-19(26)25(14-15)17-4-2-3-5-17/h6-7,13,15,17H,2-5,8-12,14H2,1H3,(H,22,27). The predicted molar refractivity (Wildman–Crippen MR) is 105 cm³/mol. The Hall–Kier alpha value is -2.15. The lowest BCUT2D eigenvalue weighted by molar-refractivity contribution is -0.129. The fraction of sp³-hybridized carbons (Fsp3) is 0.650. The lowest BCUT2D eigenvalue weighted by Gasteiger charge is -2.33. The number of anilines is 2. The van der Waals surface area contributed by atoms with E-state index < -0.39 is 0 Å². The smallest absolute Gasteiger partial charge is 0.229 e. The molecule has 1 saturated carbocycles. The quantitative estimate of drug-likeness (QED) is 0.870. The molecule has 1 aliphatic carbocycles. The van der Waals surface area contributed by atoms with Crippen molar-refractivity contribution in [3.63, 3.8) is 0 Å². The minimum absolute atomic E-state index is 0.0713. The zero-order valence-corrected chi connectivity index (χ0v) is 16.1. The zero-order chi connectivity index (χ0) is 18.8. The molecule has 0 radical (unpaired) electrons. The Morgan fingerprint density at radius 2 is 1.89 bits per heavy atom. The Balaban J connectivity index is 1.32. The van der Waals surface area contributed by atoms with Gasteiger partial charge in [-0.1, -0.05) is 12.8 Å². The number of rotatable bonds is 4. The lowest BCUT2D eigenvalue weighted by Crippen LogP contribution is -2.44. The highest BCUT2D eigenvalue weighted by Crippen LogP contribution is 2.30. The van der Waals surface area contributed by atoms with Crippen LogP contribution in [-0.2, 0) is 9.59 Å². The van der Waals surface area contributed by atoms with Crippen LogP contribution in [0.5, 0.6) is 0 Å². The largest absolute Gasteiger partial charge is 0.354 e. The van der Waals surface area contributed by atoms with Crippen molar-refractivity contribution in [2.24, 2.45) is 5.92 Å². The number of nitrogens with zero attached hydrogens (tertiary/aromatic N) is 4. The van der Waals surface area contributed by atoms with Gasteiger partial charge in [0.2, 0.25) is 11.8 Å². The van der Waals surface area contributed by atoms with Gasteiger partial charge in [0.25, 0.3) is 0 Å². The van der Waals surface area contributed by atoms with Crippen LogP contribution < -0.4 is 10.2 Å². The second-order valence-corrected chi connectivity index (χ2v) is 8.07. The van der Waals surface area contributed by atoms with Gasteiger partial charge in [0, 0.05) is 45.2 Å². The molecule has 1 unspecified atom stereocenters. The van der Waals surface area contributed by atoms with Crippen molar-refractivity contribution in [3.8, 4) is 0 Å². The normalized spacial score (nSPS) is 24.6. The molecule has 2 amide bonds. The van der Waals surface area contributed by atoms with Crippen LogP contribution in [0.25, 0.3) is 0 Å². The molecule has 1 aromatic rings. The number of pyridine rings is 1. The van der Waals surface area contributed by atoms with Gasteiger partial charge in [-0.2, -0.15) is 0 Å². The van der Waals surface area contributed by atoms with Crippen LogP contribution in [0.1, 0.15) is 32.1 Å². The monoisotopic (exact) mass is 371 g/mol. The topological polar surface area (TPSA) is 68.8 Å². The van der Waals surface area contributed by atoms with E-state index in [0.29, 0.717) is 24.7 Å². The van der Waals surface area contributed by atoms with Gasteiger partial charge >= 0.3 is 0 Å². The van der Waals surface area contributed by atoms with Crippen LogP contribution >= 0.6 is 0 Å². The second-order valence-electron chi connectivity index (χ2n) is 8.07. The molecule has 146 valence electrons. The van der Waals surface area contributed by atoms with Crippen molar-refractivity contribution < 1.29 is 9.59 Å². The van der Waals surface area contributed by atoms with E-state index in [1.807, 2.05) is 17.0 Å². The third kappa shape index (κ3) is 4.08. The van der Waals surface area contributed by atoms with E-state index in [0.717, 1.165) is 44.8 Å². The number of hydrogen-bond acceptors (Lipinski definition) is 5. The van der Waals surface area contributed by atoms with E-state index in [1.54, 1.807) is 6.20 Å². The van der Waals surface area contributed by atoms with Gasteiger partial charge in [-0.25, -0.2) is 4.98 Å². The van der Waals surface area contributed by atoms with Gasteiger partial charge in [-0.3, -0.25) is 9.59 Å². The number of carbonyl (C=O) groups is 2. The molecule has 7 heteroatoms. The average Bonchev–Trinajstić information content (AvgIpc) is 3.32. The predicted octanol–water partition coefficient (Wildman–Crippen LogP) is 1.56. The van der Waals surface area contributed by atoms with Gasteiger partial charge < -0.3 is 20.0 Å². The molecule has 1 atom stereocenters. The van der Waals surface area contributed by atoms with E-state index in [1.165, 1.54) is 12.8 Å². The number of likely N-dealkylation sites (tertiary alicyclic amines) is 1. The van der Waals surface area contributed by atoms with Gasteiger partial charge in [0.1, 0.15) is 5.82 Å². The Bertz CT molecular complexity index is 678. The molecule has 0 spiro atoms. The average molecular weight is 371 g/mol. The second kappa shape index (κ2) is 7.84. The Labute approximate surface area is 160 Å². The van der Waals surface area contributed by atoms with Crippen molar-refractivity contribution in [1.82, 2.24) is 14.8 Å². The molecule has 0 bridgehead atoms. The molecule has 2 saturated heterocycles. The molecule has 1 aromatic heterocycles. The number of likely N-dealkylation sites (N-methyl/N-ethyl adjacent to an activating group) is 1. The SMILES string of the molecule is CN1CCN(c2ccc(NC(=O)C3CC(=O)N(C4CCCC4)C3)cn2)CC1. The maximum Gasteiger partial charge on any atom is 0.229 e. The Kier molecular flexibility index (Phi) is 5.29. The summed E-state index contributed by atoms with van der Waals surface area (Å²) >= 11 is 0. The van der Waals surface area contributed by atoms with Crippen LogP contribution in [0.3, 0.4) is 0 Å². The summed E-state index contributed by atoms with van der Waals surface area (Å²) in [7, 11) is 2.13. The van der Waals surface area contributed by atoms with E-state index in [-0.39, 0.29) is 17.7 Å². The summed E-state index contributed by atoms with van der Waals surface area (Å²) in [5, 5.41) is 2.95. The molecular formula is C20H29N5O2. The first-order chi connectivity index (χ1) is 13.1. The highest BCUT2D eigenvalue weighted by Gasteiger charge is 2.38. The van der Waals surface area contributed by atoms with Gasteiger partial charge in [-0.15, -0.1) is 0 Å². The first-order valence-corrected chi connectivity index (χ1v) is 10.1. The maximum absolute atomic E-state index is 12.6. The molecule has 7 nitrogen and oxygen atoms in total. The number of carbonyl (C=O) groups excluding carboxylic acids is 2. The minimum atomic E-state index is -0.254. The summed E-state index contributed by atoms with van der Waals surface area (Å²) in [6.45, 7) is 4.57. The third-order valence-corrected chi connectivity index (χ3v) is 6.14. The fourth-order valence-electron chi connectivity index (χ4n) is 4.40. The van der Waals surface area contributed by atoms with Crippen LogP contribution in [0, 0.1) is 5.92 Å². The summed E-state index contributed by atoms with van der Waals surface area (Å²) in [4.78, 5) is 35.9. The van der Waals surface area contributed by atoms with Gasteiger partial charge in [-0.05, 0) is 32.0 Å². The number of aromatic nitrogens is 1. The summed E-state index contributed by atoms with van der Waals surface area (Å²) in [5.41, 5.74) is 0.699. The van der Waals surface area contributed by atoms with Crippen molar-refractivity contribution in [3.05, 3.63) is 18.3 Å². The number of piperazine rings is 1. The molecular weight excluding hydrogens is 342 g/mol. The number of nitrogens with one attached hydrogen (secondary N) is 1. The van der Waals surface area contributed by atoms with Crippen molar-refractivity contribution >= 4 is 23.3 Å². The van der Waals surface area contributed by atoms with E-state index in [2.05, 4.69) is 27.1 Å². The highest BCUT2D eigenvalue weighted by molar-refractivity contribution is 5.97. The Morgan fingerprint density at radius 3 is 2.56 bits per heavy atom. The molecule has 0 aromatic carbocycles. The van der Waals surface area contributed by atoms with Crippen LogP contribution in [0.15, 0.2) is 18.3 Å². The van der Waals surface area contributed by atoms with Crippen molar-refractivity contribution in [1.29, 1.82) is 0 Å². The van der Waals surface area contributed by atoms with Crippen LogP contribution in [0.4, 0.5) is 11.5 Å². The van der Waals surface area contributed by atoms with E-state index >= 15 is 0 Å². The number of hydrogen-bond donors (Lipinski definition) is 1. The summed E-state index contributed by atoms with van der Waals surface area (Å²) in [6, 6.07) is 4.22. The molecule has 3 aliphatic rings. The first kappa shape index (κ1) is 18.2. The van der Waals surface area contributed by atoms with E-state index in [9.17, 15) is 9.59 Å². The fourth-order valence-corrected chi connectivity index (χ4v) is 4.40. The molecule has 1 N–H and O–H groups in total. The third-order valence-electron chi connectivity index (χ3n) is 6.14. The summed E-state index contributed by atoms with van der Waals surface area (Å²) in [5.74, 6) is 0.753. The Morgan fingerprint density at radius 1 is 1.15 bits per heavy atom. The molecule has 4 rings (SSSR count). The lowest BCUT2D eigenvalue weighted by atomic mass is 10.1.